The molecular weight excluding hydrogens is 246 g/mol. The quantitative estimate of drug-likeness (QED) is 0.767. The van der Waals surface area contributed by atoms with E-state index < -0.39 is 8.41 Å². The molecule has 0 aromatic heterocycles. The van der Waals surface area contributed by atoms with E-state index in [2.05, 4.69) is 86.2 Å². The highest BCUT2D eigenvalue weighted by atomic mass is 28.2. The van der Waals surface area contributed by atoms with Crippen LogP contribution in [-0.2, 0) is 0 Å². The van der Waals surface area contributed by atoms with Gasteiger partial charge in [0, 0.05) is 19.8 Å². The van der Waals surface area contributed by atoms with Crippen LogP contribution in [0.15, 0.2) is 54.6 Å². The molecule has 0 spiro atoms. The number of rotatable bonds is 4. The minimum Gasteiger partial charge on any atom is -0.378 e. The molecule has 0 saturated carbocycles. The first-order valence-electron chi connectivity index (χ1n) is 6.75. The summed E-state index contributed by atoms with van der Waals surface area (Å²) in [6.07, 6.45) is 1.12. The molecule has 2 heteroatoms. The third kappa shape index (κ3) is 3.41. The van der Waals surface area contributed by atoms with E-state index in [4.69, 9.17) is 0 Å². The molecule has 0 bridgehead atoms. The van der Waals surface area contributed by atoms with Crippen LogP contribution in [0, 0.1) is 0 Å². The molecule has 0 heterocycles. The molecular formula is C17H21NSi. The Morgan fingerprint density at radius 1 is 0.895 bits per heavy atom. The maximum absolute atomic E-state index is 2.48. The van der Waals surface area contributed by atoms with E-state index in [1.54, 1.807) is 0 Å². The molecule has 0 aliphatic rings. The first-order chi connectivity index (χ1) is 9.22. The second-order valence-corrected chi connectivity index (χ2v) is 7.22. The van der Waals surface area contributed by atoms with E-state index in [0.717, 1.165) is 6.42 Å². The summed E-state index contributed by atoms with van der Waals surface area (Å²) < 4.78 is 0. The Labute approximate surface area is 117 Å². The van der Waals surface area contributed by atoms with Crippen molar-refractivity contribution in [2.75, 3.05) is 19.0 Å². The van der Waals surface area contributed by atoms with Gasteiger partial charge >= 0.3 is 0 Å². The monoisotopic (exact) mass is 267 g/mol. The Morgan fingerprint density at radius 2 is 1.47 bits per heavy atom. The summed E-state index contributed by atoms with van der Waals surface area (Å²) in [5, 5.41) is 2.93. The molecule has 2 aromatic carbocycles. The standard InChI is InChI=1S/C17H21NSi/c1-4-14-19(16-8-6-5-7-9-16)17-12-10-15(11-13-17)18(2)3/h5-14H,4H2,1-3H3. The van der Waals surface area contributed by atoms with Gasteiger partial charge in [-0.2, -0.15) is 0 Å². The lowest BCUT2D eigenvalue weighted by Gasteiger charge is -2.14. The van der Waals surface area contributed by atoms with Crippen molar-refractivity contribution in [2.45, 2.75) is 13.3 Å². The highest BCUT2D eigenvalue weighted by molar-refractivity contribution is 6.88. The van der Waals surface area contributed by atoms with Gasteiger partial charge in [-0.3, -0.25) is 0 Å². The summed E-state index contributed by atoms with van der Waals surface area (Å²) in [4.78, 5) is 2.14. The smallest absolute Gasteiger partial charge is 0.0759 e. The van der Waals surface area contributed by atoms with Crippen molar-refractivity contribution in [2.24, 2.45) is 0 Å². The highest BCUT2D eigenvalue weighted by Gasteiger charge is 2.05. The minimum absolute atomic E-state index is 0.736. The fourth-order valence-corrected chi connectivity index (χ4v) is 4.45. The van der Waals surface area contributed by atoms with Gasteiger partial charge in [0.15, 0.2) is 0 Å². The van der Waals surface area contributed by atoms with Crippen LogP contribution in [0.3, 0.4) is 0 Å². The Bertz CT molecular complexity index is 541. The van der Waals surface area contributed by atoms with Gasteiger partial charge in [-0.15, -0.1) is 0 Å². The van der Waals surface area contributed by atoms with Gasteiger partial charge in [0.25, 0.3) is 0 Å². The highest BCUT2D eigenvalue weighted by Crippen LogP contribution is 2.07. The number of anilines is 1. The van der Waals surface area contributed by atoms with Crippen molar-refractivity contribution in [1.82, 2.24) is 0 Å². The van der Waals surface area contributed by atoms with E-state index in [1.807, 2.05) is 0 Å². The molecule has 0 unspecified atom stereocenters. The van der Waals surface area contributed by atoms with E-state index >= 15 is 0 Å². The van der Waals surface area contributed by atoms with Crippen molar-refractivity contribution in [3.63, 3.8) is 0 Å². The second kappa shape index (κ2) is 6.48. The molecule has 0 N–H and O–H groups in total. The average Bonchev–Trinajstić information content (AvgIpc) is 2.46. The average molecular weight is 267 g/mol. The first-order valence-corrected chi connectivity index (χ1v) is 8.33. The molecule has 2 aromatic rings. The molecule has 0 aliphatic carbocycles. The fraction of sp³-hybridized carbons (Fsp3) is 0.235. The Morgan fingerprint density at radius 3 is 2.00 bits per heavy atom. The van der Waals surface area contributed by atoms with Gasteiger partial charge in [0.05, 0.1) is 8.41 Å². The van der Waals surface area contributed by atoms with Crippen LogP contribution in [-0.4, -0.2) is 28.2 Å². The zero-order valence-electron chi connectivity index (χ0n) is 11.9. The van der Waals surface area contributed by atoms with E-state index in [9.17, 15) is 0 Å². The van der Waals surface area contributed by atoms with E-state index in [1.165, 1.54) is 16.1 Å². The predicted molar refractivity (Wildman–Crippen MR) is 88.6 cm³/mol. The lowest BCUT2D eigenvalue weighted by molar-refractivity contribution is 1.13. The SMILES string of the molecule is CCC=[Si](c1ccccc1)c1ccc(N(C)C)cc1. The van der Waals surface area contributed by atoms with Gasteiger partial charge in [-0.25, -0.2) is 0 Å². The molecule has 98 valence electrons. The largest absolute Gasteiger partial charge is 0.378 e. The summed E-state index contributed by atoms with van der Waals surface area (Å²) in [5.41, 5.74) is 3.74. The van der Waals surface area contributed by atoms with Crippen molar-refractivity contribution >= 4 is 30.1 Å². The lowest BCUT2D eigenvalue weighted by Crippen LogP contribution is -2.36. The van der Waals surface area contributed by atoms with Gasteiger partial charge in [-0.1, -0.05) is 55.1 Å². The number of benzene rings is 2. The summed E-state index contributed by atoms with van der Waals surface area (Å²) in [6.45, 7) is 2.22. The third-order valence-electron chi connectivity index (χ3n) is 3.19. The van der Waals surface area contributed by atoms with Crippen LogP contribution in [0.2, 0.25) is 0 Å². The Balaban J connectivity index is 2.38. The zero-order valence-corrected chi connectivity index (χ0v) is 12.9. The minimum atomic E-state index is -0.736. The van der Waals surface area contributed by atoms with Crippen molar-refractivity contribution in [3.05, 3.63) is 54.6 Å². The van der Waals surface area contributed by atoms with E-state index in [-0.39, 0.29) is 0 Å². The maximum Gasteiger partial charge on any atom is 0.0759 e. The van der Waals surface area contributed by atoms with Crippen LogP contribution >= 0.6 is 0 Å². The third-order valence-corrected chi connectivity index (χ3v) is 5.91. The topological polar surface area (TPSA) is 3.24 Å². The molecule has 0 amide bonds. The molecule has 0 radical (unpaired) electrons. The second-order valence-electron chi connectivity index (χ2n) is 4.83. The van der Waals surface area contributed by atoms with E-state index in [0.29, 0.717) is 0 Å². The van der Waals surface area contributed by atoms with Gasteiger partial charge in [0.1, 0.15) is 0 Å². The van der Waals surface area contributed by atoms with Crippen molar-refractivity contribution in [1.29, 1.82) is 0 Å². The van der Waals surface area contributed by atoms with Crippen LogP contribution in [0.1, 0.15) is 13.3 Å². The lowest BCUT2D eigenvalue weighted by atomic mass is 10.3. The van der Waals surface area contributed by atoms with Crippen LogP contribution in [0.25, 0.3) is 0 Å². The van der Waals surface area contributed by atoms with Crippen LogP contribution in [0.4, 0.5) is 5.69 Å². The zero-order chi connectivity index (χ0) is 13.7. The van der Waals surface area contributed by atoms with Crippen molar-refractivity contribution < 1.29 is 0 Å². The fourth-order valence-electron chi connectivity index (χ4n) is 2.16. The number of hydrogen-bond acceptors (Lipinski definition) is 1. The van der Waals surface area contributed by atoms with Gasteiger partial charge in [-0.05, 0) is 28.9 Å². The normalized spacial score (nSPS) is 11.4. The number of hydrogen-bond donors (Lipinski definition) is 0. The molecule has 1 nitrogen and oxygen atoms in total. The van der Waals surface area contributed by atoms with Crippen molar-refractivity contribution in [3.8, 4) is 0 Å². The summed E-state index contributed by atoms with van der Waals surface area (Å²) in [6, 6.07) is 19.9. The predicted octanol–water partition coefficient (Wildman–Crippen LogP) is 2.16. The maximum atomic E-state index is 2.48. The number of nitrogens with zero attached hydrogens (tertiary/aromatic N) is 1. The molecule has 0 fully saturated rings. The molecule has 0 saturated heterocycles. The molecule has 19 heavy (non-hydrogen) atoms. The van der Waals surface area contributed by atoms with Gasteiger partial charge < -0.3 is 4.90 Å². The molecule has 2 rings (SSSR count). The molecule has 0 aliphatic heterocycles. The Kier molecular flexibility index (Phi) is 4.69. The first kappa shape index (κ1) is 13.8. The van der Waals surface area contributed by atoms with Gasteiger partial charge in [0.2, 0.25) is 0 Å². The summed E-state index contributed by atoms with van der Waals surface area (Å²) in [5.74, 6) is 0. The Hall–Kier alpha value is -1.67. The molecule has 0 atom stereocenters. The van der Waals surface area contributed by atoms with Crippen LogP contribution < -0.4 is 15.3 Å². The van der Waals surface area contributed by atoms with Crippen LogP contribution in [0.5, 0.6) is 0 Å². The summed E-state index contributed by atoms with van der Waals surface area (Å²) in [7, 11) is 3.42. The summed E-state index contributed by atoms with van der Waals surface area (Å²) >= 11 is 0.